The molecule has 3 rings (SSSR count). The van der Waals surface area contributed by atoms with Crippen molar-refractivity contribution in [2.75, 3.05) is 75.9 Å². The number of nitro benzene ring substituents is 1. The number of nitrogens with zero attached hydrogens (tertiary/aromatic N) is 3. The Morgan fingerprint density at radius 1 is 0.936 bits per heavy atom. The summed E-state index contributed by atoms with van der Waals surface area (Å²) in [5.41, 5.74) is 16.9. The number of carbonyl (C=O) groups is 3. The largest absolute Gasteiger partial charge is 0.494 e. The summed E-state index contributed by atoms with van der Waals surface area (Å²) in [5.74, 6) is -0.984. The number of hydrogen-bond donors (Lipinski definition) is 5. The minimum Gasteiger partial charge on any atom is -0.494 e. The van der Waals surface area contributed by atoms with Crippen LogP contribution in [-0.2, 0) is 4.74 Å². The second kappa shape index (κ2) is 16.4. The van der Waals surface area contributed by atoms with Gasteiger partial charge in [-0.2, -0.15) is 0 Å². The van der Waals surface area contributed by atoms with Gasteiger partial charge in [0, 0.05) is 63.0 Å². The summed E-state index contributed by atoms with van der Waals surface area (Å²) in [5, 5.41) is 18.0. The normalized spacial score (nSPS) is 13.7. The number of anilines is 3. The number of amides is 3. The van der Waals surface area contributed by atoms with E-state index < -0.39 is 22.3 Å². The maximum absolute atomic E-state index is 12.3. The minimum atomic E-state index is -0.822. The van der Waals surface area contributed by atoms with Crippen LogP contribution in [0.2, 0.25) is 0 Å². The van der Waals surface area contributed by atoms with Crippen molar-refractivity contribution in [2.24, 2.45) is 11.5 Å². The molecular formula is C31H44N8O8. The van der Waals surface area contributed by atoms with Gasteiger partial charge in [-0.05, 0) is 45.4 Å². The maximum atomic E-state index is 12.3. The summed E-state index contributed by atoms with van der Waals surface area (Å²) in [4.78, 5) is 50.9. The first-order chi connectivity index (χ1) is 22.2. The molecule has 1 aliphatic rings. The lowest BCUT2D eigenvalue weighted by Gasteiger charge is -2.35. The lowest BCUT2D eigenvalue weighted by molar-refractivity contribution is -0.384. The SMILES string of the molecule is COc1cc(C(N)=O)cc(N)c1NC/C=C/CNc1c(OCCCN2CCN(C(=O)OC(C)(C)C)CC2)cc(C(N)=O)cc1[N+](=O)[O-]. The van der Waals surface area contributed by atoms with Crippen molar-refractivity contribution in [1.82, 2.24) is 9.80 Å². The van der Waals surface area contributed by atoms with Gasteiger partial charge in [0.25, 0.3) is 5.69 Å². The predicted molar refractivity (Wildman–Crippen MR) is 178 cm³/mol. The van der Waals surface area contributed by atoms with Gasteiger partial charge in [-0.15, -0.1) is 0 Å². The number of hydrogen-bond acceptors (Lipinski definition) is 12. The van der Waals surface area contributed by atoms with Crippen molar-refractivity contribution in [2.45, 2.75) is 32.8 Å². The summed E-state index contributed by atoms with van der Waals surface area (Å²) in [6.07, 6.45) is 3.77. The monoisotopic (exact) mass is 656 g/mol. The molecule has 0 saturated carbocycles. The fourth-order valence-electron chi connectivity index (χ4n) is 4.75. The number of ether oxygens (including phenoxy) is 3. The number of piperazine rings is 1. The van der Waals surface area contributed by atoms with Gasteiger partial charge in [0.2, 0.25) is 11.8 Å². The van der Waals surface area contributed by atoms with Gasteiger partial charge in [-0.3, -0.25) is 24.6 Å². The zero-order valence-corrected chi connectivity index (χ0v) is 27.2. The number of nitrogens with two attached hydrogens (primary N) is 3. The quantitative estimate of drug-likeness (QED) is 0.0612. The molecule has 0 radical (unpaired) electrons. The molecular weight excluding hydrogens is 612 g/mol. The topological polar surface area (TPSA) is 231 Å². The summed E-state index contributed by atoms with van der Waals surface area (Å²) in [7, 11) is 1.44. The van der Waals surface area contributed by atoms with Crippen molar-refractivity contribution in [3.63, 3.8) is 0 Å². The standard InChI is InChI=1S/C31H44N8O8/c1-31(2,3)47-30(42)38-13-11-37(12-14-38)10-7-15-46-25-19-21(29(34)41)17-23(39(43)44)27(25)36-9-6-5-8-35-26-22(32)16-20(28(33)40)18-24(26)45-4/h5-6,16-19,35-36H,7-15,32H2,1-4H3,(H2,33,40)(H2,34,41)/b6-5+. The molecule has 16 nitrogen and oxygen atoms in total. The van der Waals surface area contributed by atoms with Gasteiger partial charge < -0.3 is 46.9 Å². The van der Waals surface area contributed by atoms with E-state index in [9.17, 15) is 24.5 Å². The third kappa shape index (κ3) is 10.7. The predicted octanol–water partition coefficient (Wildman–Crippen LogP) is 2.79. The number of nitrogens with one attached hydrogen (secondary N) is 2. The summed E-state index contributed by atoms with van der Waals surface area (Å²) in [6.45, 7) is 9.33. The van der Waals surface area contributed by atoms with Crippen LogP contribution in [0.25, 0.3) is 0 Å². The van der Waals surface area contributed by atoms with E-state index in [1.165, 1.54) is 25.3 Å². The highest BCUT2D eigenvalue weighted by Crippen LogP contribution is 2.36. The number of methoxy groups -OCH3 is 1. The summed E-state index contributed by atoms with van der Waals surface area (Å²) in [6, 6.07) is 5.42. The van der Waals surface area contributed by atoms with Gasteiger partial charge in [0.1, 0.15) is 22.8 Å². The minimum absolute atomic E-state index is 0.0517. The van der Waals surface area contributed by atoms with Gasteiger partial charge >= 0.3 is 6.09 Å². The second-order valence-corrected chi connectivity index (χ2v) is 11.7. The lowest BCUT2D eigenvalue weighted by Crippen LogP contribution is -2.50. The highest BCUT2D eigenvalue weighted by Gasteiger charge is 2.26. The fraction of sp³-hybridized carbons (Fsp3) is 0.452. The fourth-order valence-corrected chi connectivity index (χ4v) is 4.75. The van der Waals surface area contributed by atoms with Crippen LogP contribution in [0.1, 0.15) is 47.9 Å². The Morgan fingerprint density at radius 3 is 2.06 bits per heavy atom. The molecule has 3 amide bonds. The van der Waals surface area contributed by atoms with Crippen LogP contribution in [-0.4, -0.2) is 97.8 Å². The highest BCUT2D eigenvalue weighted by molar-refractivity contribution is 5.96. The van der Waals surface area contributed by atoms with E-state index in [1.54, 1.807) is 17.1 Å². The van der Waals surface area contributed by atoms with Gasteiger partial charge in [0.05, 0.1) is 24.3 Å². The first kappa shape index (κ1) is 36.2. The molecule has 0 unspecified atom stereocenters. The second-order valence-electron chi connectivity index (χ2n) is 11.7. The van der Waals surface area contributed by atoms with E-state index in [0.717, 1.165) is 6.07 Å². The van der Waals surface area contributed by atoms with E-state index in [0.29, 0.717) is 57.1 Å². The Bertz CT molecular complexity index is 1480. The van der Waals surface area contributed by atoms with Crippen LogP contribution in [0.15, 0.2) is 36.4 Å². The smallest absolute Gasteiger partial charge is 0.410 e. The summed E-state index contributed by atoms with van der Waals surface area (Å²) < 4.78 is 16.7. The van der Waals surface area contributed by atoms with E-state index in [2.05, 4.69) is 15.5 Å². The van der Waals surface area contributed by atoms with Gasteiger partial charge in [-0.25, -0.2) is 4.79 Å². The van der Waals surface area contributed by atoms with Crippen molar-refractivity contribution in [3.05, 3.63) is 57.7 Å². The molecule has 47 heavy (non-hydrogen) atoms. The van der Waals surface area contributed by atoms with Crippen LogP contribution in [0.4, 0.5) is 27.5 Å². The Kier molecular flexibility index (Phi) is 12.6. The molecule has 256 valence electrons. The zero-order valence-electron chi connectivity index (χ0n) is 27.2. The van der Waals surface area contributed by atoms with Crippen LogP contribution in [0.3, 0.4) is 0 Å². The zero-order chi connectivity index (χ0) is 34.7. The third-order valence-corrected chi connectivity index (χ3v) is 7.06. The first-order valence-electron chi connectivity index (χ1n) is 15.1. The van der Waals surface area contributed by atoms with Crippen molar-refractivity contribution < 1.29 is 33.5 Å². The number of rotatable bonds is 15. The Balaban J connectivity index is 1.59. The van der Waals surface area contributed by atoms with Crippen molar-refractivity contribution >= 4 is 40.7 Å². The molecule has 0 aliphatic carbocycles. The van der Waals surface area contributed by atoms with Crippen LogP contribution < -0.4 is 37.3 Å². The van der Waals surface area contributed by atoms with Crippen LogP contribution in [0.5, 0.6) is 11.5 Å². The Morgan fingerprint density at radius 2 is 1.51 bits per heavy atom. The van der Waals surface area contributed by atoms with Crippen molar-refractivity contribution in [1.29, 1.82) is 0 Å². The van der Waals surface area contributed by atoms with Gasteiger partial charge in [0.15, 0.2) is 5.69 Å². The molecule has 0 bridgehead atoms. The van der Waals surface area contributed by atoms with Crippen LogP contribution >= 0.6 is 0 Å². The number of primary amides is 2. The maximum Gasteiger partial charge on any atom is 0.410 e. The van der Waals surface area contributed by atoms with Crippen LogP contribution in [0, 0.1) is 10.1 Å². The first-order valence-corrected chi connectivity index (χ1v) is 15.1. The molecule has 0 aromatic heterocycles. The van der Waals surface area contributed by atoms with Crippen molar-refractivity contribution in [3.8, 4) is 11.5 Å². The van der Waals surface area contributed by atoms with E-state index in [4.69, 9.17) is 31.4 Å². The molecule has 1 fully saturated rings. The molecule has 1 aliphatic heterocycles. The average molecular weight is 657 g/mol. The number of nitrogen functional groups attached to an aromatic ring is 1. The molecule has 8 N–H and O–H groups in total. The molecule has 0 atom stereocenters. The summed E-state index contributed by atoms with van der Waals surface area (Å²) >= 11 is 0. The molecule has 2 aromatic rings. The number of nitro groups is 1. The molecule has 0 spiro atoms. The number of carbonyl (C=O) groups excluding carboxylic acids is 3. The lowest BCUT2D eigenvalue weighted by atomic mass is 10.1. The number of benzene rings is 2. The molecule has 16 heteroatoms. The van der Waals surface area contributed by atoms with E-state index >= 15 is 0 Å². The third-order valence-electron chi connectivity index (χ3n) is 7.06. The Labute approximate surface area is 273 Å². The van der Waals surface area contributed by atoms with E-state index in [1.807, 2.05) is 20.8 Å². The molecule has 1 heterocycles. The molecule has 1 saturated heterocycles. The van der Waals surface area contributed by atoms with Gasteiger partial charge in [-0.1, -0.05) is 12.2 Å². The molecule has 2 aromatic carbocycles. The average Bonchev–Trinajstić information content (AvgIpc) is 3.00. The highest BCUT2D eigenvalue weighted by atomic mass is 16.6. The van der Waals surface area contributed by atoms with E-state index in [-0.39, 0.29) is 53.2 Å². The Hall–Kier alpha value is -5.25.